The standard InChI is InChI=1S/C16H17NO3/c1-16(2)10-6-4-5-7-11(10)17(3)12(16)8-9-13(18)15(20)14(9)19/h4-9,13,18H,1-3H3. The number of carbonyl (C=O) groups excluding carboxylic acids is 2. The van der Waals surface area contributed by atoms with Crippen LogP contribution in [0.25, 0.3) is 0 Å². The van der Waals surface area contributed by atoms with Gasteiger partial charge in [-0.3, -0.25) is 9.59 Å². The molecule has 2 unspecified atom stereocenters. The number of rotatable bonds is 1. The fraction of sp³-hybridized carbons (Fsp3) is 0.375. The Morgan fingerprint density at radius 1 is 1.20 bits per heavy atom. The average molecular weight is 271 g/mol. The Morgan fingerprint density at radius 3 is 2.45 bits per heavy atom. The number of allylic oxidation sites excluding steroid dienone is 1. The van der Waals surface area contributed by atoms with Crippen LogP contribution in [-0.4, -0.2) is 29.8 Å². The van der Waals surface area contributed by atoms with Crippen molar-refractivity contribution in [1.29, 1.82) is 0 Å². The molecule has 1 aliphatic heterocycles. The van der Waals surface area contributed by atoms with Crippen LogP contribution in [-0.2, 0) is 15.0 Å². The van der Waals surface area contributed by atoms with Crippen molar-refractivity contribution in [2.24, 2.45) is 5.92 Å². The topological polar surface area (TPSA) is 57.6 Å². The van der Waals surface area contributed by atoms with Gasteiger partial charge in [0, 0.05) is 23.8 Å². The van der Waals surface area contributed by atoms with E-state index < -0.39 is 23.6 Å². The molecule has 0 bridgehead atoms. The Hall–Kier alpha value is -1.94. The molecule has 0 spiro atoms. The lowest BCUT2D eigenvalue weighted by molar-refractivity contribution is -0.155. The van der Waals surface area contributed by atoms with Crippen LogP contribution in [0.4, 0.5) is 5.69 Å². The number of aliphatic hydroxyl groups excluding tert-OH is 1. The van der Waals surface area contributed by atoms with E-state index >= 15 is 0 Å². The molecule has 0 aromatic heterocycles. The van der Waals surface area contributed by atoms with E-state index in [-0.39, 0.29) is 5.41 Å². The minimum Gasteiger partial charge on any atom is -0.384 e. The summed E-state index contributed by atoms with van der Waals surface area (Å²) in [4.78, 5) is 24.8. The van der Waals surface area contributed by atoms with Crippen LogP contribution in [0.15, 0.2) is 36.0 Å². The lowest BCUT2D eigenvalue weighted by Crippen LogP contribution is -2.52. The van der Waals surface area contributed by atoms with E-state index in [0.717, 1.165) is 11.4 Å². The van der Waals surface area contributed by atoms with Crippen molar-refractivity contribution < 1.29 is 14.7 Å². The van der Waals surface area contributed by atoms with Gasteiger partial charge in [-0.25, -0.2) is 0 Å². The molecule has 0 saturated heterocycles. The lowest BCUT2D eigenvalue weighted by Gasteiger charge is -2.31. The highest BCUT2D eigenvalue weighted by Gasteiger charge is 2.49. The third-order valence-electron chi connectivity index (χ3n) is 4.43. The zero-order valence-electron chi connectivity index (χ0n) is 11.8. The van der Waals surface area contributed by atoms with Crippen LogP contribution in [0.5, 0.6) is 0 Å². The van der Waals surface area contributed by atoms with E-state index in [1.54, 1.807) is 6.08 Å². The first-order valence-corrected chi connectivity index (χ1v) is 6.67. The highest BCUT2D eigenvalue weighted by Crippen LogP contribution is 2.47. The van der Waals surface area contributed by atoms with Gasteiger partial charge in [-0.05, 0) is 11.6 Å². The van der Waals surface area contributed by atoms with Crippen LogP contribution in [0, 0.1) is 5.92 Å². The van der Waals surface area contributed by atoms with Gasteiger partial charge in [0.25, 0.3) is 0 Å². The third kappa shape index (κ3) is 1.51. The molecule has 1 aromatic carbocycles. The number of Topliss-reactive ketones (excluding diaryl/α,β-unsaturated/α-hetero) is 2. The van der Waals surface area contributed by atoms with Crippen molar-refractivity contribution in [3.63, 3.8) is 0 Å². The molecule has 2 atom stereocenters. The summed E-state index contributed by atoms with van der Waals surface area (Å²) in [6.45, 7) is 4.16. The maximum absolute atomic E-state index is 11.6. The number of benzene rings is 1. The van der Waals surface area contributed by atoms with Gasteiger partial charge in [0.2, 0.25) is 11.6 Å². The first-order valence-electron chi connectivity index (χ1n) is 6.67. The molecule has 0 radical (unpaired) electrons. The van der Waals surface area contributed by atoms with Gasteiger partial charge in [0.05, 0.1) is 5.92 Å². The summed E-state index contributed by atoms with van der Waals surface area (Å²) in [5.74, 6) is -1.87. The summed E-state index contributed by atoms with van der Waals surface area (Å²) in [5, 5.41) is 9.65. The van der Waals surface area contributed by atoms with Crippen LogP contribution in [0.1, 0.15) is 19.4 Å². The molecule has 4 nitrogen and oxygen atoms in total. The maximum atomic E-state index is 11.6. The number of ketones is 2. The van der Waals surface area contributed by atoms with Crippen molar-refractivity contribution >= 4 is 17.3 Å². The number of nitrogens with zero attached hydrogens (tertiary/aromatic N) is 1. The smallest absolute Gasteiger partial charge is 0.228 e. The van der Waals surface area contributed by atoms with Gasteiger partial charge in [-0.1, -0.05) is 38.1 Å². The van der Waals surface area contributed by atoms with Crippen molar-refractivity contribution in [2.75, 3.05) is 11.9 Å². The summed E-state index contributed by atoms with van der Waals surface area (Å²) < 4.78 is 0. The van der Waals surface area contributed by atoms with Crippen molar-refractivity contribution in [1.82, 2.24) is 0 Å². The Balaban J connectivity index is 2.04. The molecule has 1 aliphatic carbocycles. The molecule has 104 valence electrons. The number of aliphatic hydroxyl groups is 1. The Kier molecular flexibility index (Phi) is 2.63. The fourth-order valence-corrected chi connectivity index (χ4v) is 3.16. The molecule has 0 amide bonds. The predicted molar refractivity (Wildman–Crippen MR) is 75.5 cm³/mol. The van der Waals surface area contributed by atoms with Gasteiger partial charge in [-0.15, -0.1) is 0 Å². The molecule has 2 aliphatic rings. The van der Waals surface area contributed by atoms with E-state index in [2.05, 4.69) is 19.9 Å². The van der Waals surface area contributed by atoms with Crippen LogP contribution < -0.4 is 4.90 Å². The molecular formula is C16H17NO3. The predicted octanol–water partition coefficient (Wildman–Crippen LogP) is 1.43. The van der Waals surface area contributed by atoms with Gasteiger partial charge < -0.3 is 10.0 Å². The molecule has 1 saturated carbocycles. The van der Waals surface area contributed by atoms with Gasteiger partial charge in [-0.2, -0.15) is 0 Å². The zero-order valence-corrected chi connectivity index (χ0v) is 11.8. The highest BCUT2D eigenvalue weighted by molar-refractivity contribution is 6.47. The van der Waals surface area contributed by atoms with E-state index in [0.29, 0.717) is 0 Å². The quantitative estimate of drug-likeness (QED) is 0.785. The number of carbonyl (C=O) groups is 2. The van der Waals surface area contributed by atoms with Crippen LogP contribution in [0.2, 0.25) is 0 Å². The third-order valence-corrected chi connectivity index (χ3v) is 4.43. The van der Waals surface area contributed by atoms with Crippen LogP contribution >= 0.6 is 0 Å². The zero-order chi connectivity index (χ0) is 14.7. The summed E-state index contributed by atoms with van der Waals surface area (Å²) >= 11 is 0. The molecule has 1 aromatic rings. The Morgan fingerprint density at radius 2 is 1.85 bits per heavy atom. The van der Waals surface area contributed by atoms with Gasteiger partial charge in [0.1, 0.15) is 6.10 Å². The van der Waals surface area contributed by atoms with E-state index in [4.69, 9.17) is 0 Å². The second kappa shape index (κ2) is 4.03. The first kappa shape index (κ1) is 13.1. The Labute approximate surface area is 117 Å². The minimum atomic E-state index is -1.18. The highest BCUT2D eigenvalue weighted by atomic mass is 16.3. The molecular weight excluding hydrogens is 254 g/mol. The summed E-state index contributed by atoms with van der Waals surface area (Å²) in [6.07, 6.45) is 0.567. The molecule has 1 heterocycles. The van der Waals surface area contributed by atoms with E-state index in [1.165, 1.54) is 5.56 Å². The number of para-hydroxylation sites is 1. The van der Waals surface area contributed by atoms with Crippen molar-refractivity contribution in [3.8, 4) is 0 Å². The lowest BCUT2D eigenvalue weighted by atomic mass is 9.75. The SMILES string of the molecule is CN1C(=CC2C(=O)C(=O)C2O)C(C)(C)c2ccccc21. The molecule has 1 fully saturated rings. The maximum Gasteiger partial charge on any atom is 0.228 e. The minimum absolute atomic E-state index is 0.246. The normalized spacial score (nSPS) is 29.6. The largest absolute Gasteiger partial charge is 0.384 e. The number of hydrogen-bond acceptors (Lipinski definition) is 4. The number of hydrogen-bond donors (Lipinski definition) is 1. The number of fused-ring (bicyclic) bond motifs is 1. The molecule has 3 rings (SSSR count). The van der Waals surface area contributed by atoms with Crippen LogP contribution in [0.3, 0.4) is 0 Å². The second-order valence-electron chi connectivity index (χ2n) is 5.95. The second-order valence-corrected chi connectivity index (χ2v) is 5.95. The van der Waals surface area contributed by atoms with E-state index in [9.17, 15) is 14.7 Å². The number of likely N-dealkylation sites (N-methyl/N-ethyl adjacent to an activating group) is 1. The van der Waals surface area contributed by atoms with Crippen molar-refractivity contribution in [2.45, 2.75) is 25.4 Å². The fourth-order valence-electron chi connectivity index (χ4n) is 3.16. The summed E-state index contributed by atoms with van der Waals surface area (Å²) in [7, 11) is 1.94. The molecule has 1 N–H and O–H groups in total. The Bertz CT molecular complexity index is 645. The first-order chi connectivity index (χ1) is 9.35. The average Bonchev–Trinajstić information content (AvgIpc) is 2.64. The molecule has 20 heavy (non-hydrogen) atoms. The van der Waals surface area contributed by atoms with Gasteiger partial charge >= 0.3 is 0 Å². The molecule has 4 heteroatoms. The van der Waals surface area contributed by atoms with E-state index in [1.807, 2.05) is 30.1 Å². The summed E-state index contributed by atoms with van der Waals surface area (Å²) in [6, 6.07) is 8.06. The summed E-state index contributed by atoms with van der Waals surface area (Å²) in [5.41, 5.74) is 2.98. The van der Waals surface area contributed by atoms with Crippen molar-refractivity contribution in [3.05, 3.63) is 41.6 Å². The van der Waals surface area contributed by atoms with Gasteiger partial charge in [0.15, 0.2) is 0 Å². The monoisotopic (exact) mass is 271 g/mol. The number of anilines is 1.